The molecule has 0 aromatic heterocycles. The summed E-state index contributed by atoms with van der Waals surface area (Å²) in [5.74, 6) is 2.73. The molecule has 0 radical (unpaired) electrons. The average molecular weight is 294 g/mol. The van der Waals surface area contributed by atoms with Crippen LogP contribution in [-0.2, 0) is 4.74 Å². The quantitative estimate of drug-likeness (QED) is 0.766. The summed E-state index contributed by atoms with van der Waals surface area (Å²) in [7, 11) is 0. The normalized spacial score (nSPS) is 24.0. The van der Waals surface area contributed by atoms with Gasteiger partial charge in [-0.15, -0.1) is 12.3 Å². The van der Waals surface area contributed by atoms with E-state index in [-0.39, 0.29) is 12.1 Å². The molecule has 1 unspecified atom stereocenters. The summed E-state index contributed by atoms with van der Waals surface area (Å²) in [5.41, 5.74) is -0.438. The van der Waals surface area contributed by atoms with Gasteiger partial charge >= 0.3 is 6.09 Å². The number of amides is 1. The molecule has 1 aliphatic carbocycles. The minimum Gasteiger partial charge on any atom is -0.444 e. The Bertz CT molecular complexity index is 360. The molecule has 0 bridgehead atoms. The van der Waals surface area contributed by atoms with E-state index in [2.05, 4.69) is 23.5 Å². The van der Waals surface area contributed by atoms with Crippen LogP contribution in [-0.4, -0.2) is 29.8 Å². The van der Waals surface area contributed by atoms with Crippen molar-refractivity contribution in [2.45, 2.75) is 89.9 Å². The molecule has 1 fully saturated rings. The fraction of sp³-hybridized carbons (Fsp3) is 0.824. The van der Waals surface area contributed by atoms with Crippen molar-refractivity contribution in [1.29, 1.82) is 0 Å². The van der Waals surface area contributed by atoms with Gasteiger partial charge in [-0.05, 0) is 52.9 Å². The number of nitrogens with one attached hydrogen (secondary N) is 2. The van der Waals surface area contributed by atoms with E-state index in [9.17, 15) is 4.79 Å². The van der Waals surface area contributed by atoms with Crippen molar-refractivity contribution in [2.75, 3.05) is 0 Å². The second-order valence-corrected chi connectivity index (χ2v) is 6.87. The molecular formula is C17H30N2O2. The number of rotatable bonds is 5. The zero-order valence-electron chi connectivity index (χ0n) is 13.9. The SMILES string of the molecule is C#CCC(CC)NC1CCC(NC(=O)OC(C)(C)C)CC1. The lowest BCUT2D eigenvalue weighted by Gasteiger charge is -2.32. The molecule has 0 aromatic carbocycles. The van der Waals surface area contributed by atoms with Gasteiger partial charge in [0.2, 0.25) is 0 Å². The Morgan fingerprint density at radius 3 is 2.33 bits per heavy atom. The Labute approximate surface area is 129 Å². The summed E-state index contributed by atoms with van der Waals surface area (Å²) in [4.78, 5) is 11.7. The largest absolute Gasteiger partial charge is 0.444 e. The predicted octanol–water partition coefficient (Wildman–Crippen LogP) is 3.21. The third-order valence-corrected chi connectivity index (χ3v) is 3.78. The van der Waals surface area contributed by atoms with Crippen LogP contribution >= 0.6 is 0 Å². The second-order valence-electron chi connectivity index (χ2n) is 6.87. The van der Waals surface area contributed by atoms with Crippen molar-refractivity contribution >= 4 is 6.09 Å². The van der Waals surface area contributed by atoms with E-state index < -0.39 is 5.60 Å². The van der Waals surface area contributed by atoms with E-state index >= 15 is 0 Å². The van der Waals surface area contributed by atoms with Crippen molar-refractivity contribution in [3.63, 3.8) is 0 Å². The molecule has 1 rings (SSSR count). The highest BCUT2D eigenvalue weighted by Gasteiger charge is 2.25. The molecule has 0 spiro atoms. The van der Waals surface area contributed by atoms with Gasteiger partial charge in [0, 0.05) is 24.5 Å². The Hall–Kier alpha value is -1.21. The predicted molar refractivity (Wildman–Crippen MR) is 86.1 cm³/mol. The van der Waals surface area contributed by atoms with Crippen LogP contribution in [0.25, 0.3) is 0 Å². The lowest BCUT2D eigenvalue weighted by atomic mass is 9.90. The standard InChI is InChI=1S/C17H30N2O2/c1-6-8-13(7-2)18-14-9-11-15(12-10-14)19-16(20)21-17(3,4)5/h1,13-15,18H,7-12H2,2-5H3,(H,19,20). The highest BCUT2D eigenvalue weighted by atomic mass is 16.6. The molecule has 2 N–H and O–H groups in total. The molecule has 0 aromatic rings. The fourth-order valence-corrected chi connectivity index (χ4v) is 2.68. The van der Waals surface area contributed by atoms with Gasteiger partial charge in [0.1, 0.15) is 5.60 Å². The Morgan fingerprint density at radius 1 is 1.29 bits per heavy atom. The third-order valence-electron chi connectivity index (χ3n) is 3.78. The number of hydrogen-bond acceptors (Lipinski definition) is 3. The summed E-state index contributed by atoms with van der Waals surface area (Å²) in [6.45, 7) is 7.79. The minimum atomic E-state index is -0.438. The van der Waals surface area contributed by atoms with Gasteiger partial charge in [0.15, 0.2) is 0 Å². The van der Waals surface area contributed by atoms with Crippen LogP contribution in [0.3, 0.4) is 0 Å². The van der Waals surface area contributed by atoms with Crippen LogP contribution in [0.2, 0.25) is 0 Å². The number of terminal acetylenes is 1. The van der Waals surface area contributed by atoms with Crippen LogP contribution < -0.4 is 10.6 Å². The maximum Gasteiger partial charge on any atom is 0.407 e. The molecule has 21 heavy (non-hydrogen) atoms. The minimum absolute atomic E-state index is 0.227. The Kier molecular flexibility index (Phi) is 7.04. The molecule has 4 heteroatoms. The second kappa shape index (κ2) is 8.29. The fourth-order valence-electron chi connectivity index (χ4n) is 2.68. The summed E-state index contributed by atoms with van der Waals surface area (Å²) in [6.07, 6.45) is 11.0. The van der Waals surface area contributed by atoms with Crippen LogP contribution in [0.1, 0.15) is 66.2 Å². The number of carbonyl (C=O) groups excluding carboxylic acids is 1. The Morgan fingerprint density at radius 2 is 1.86 bits per heavy atom. The maximum atomic E-state index is 11.7. The summed E-state index contributed by atoms with van der Waals surface area (Å²) >= 11 is 0. The van der Waals surface area contributed by atoms with Crippen LogP contribution in [0.4, 0.5) is 4.79 Å². The lowest BCUT2D eigenvalue weighted by Crippen LogP contribution is -2.46. The maximum absolute atomic E-state index is 11.7. The molecular weight excluding hydrogens is 264 g/mol. The first-order valence-electron chi connectivity index (χ1n) is 8.03. The molecule has 1 aliphatic rings. The number of hydrogen-bond donors (Lipinski definition) is 2. The van der Waals surface area contributed by atoms with Gasteiger partial charge in [-0.3, -0.25) is 0 Å². The van der Waals surface area contributed by atoms with Crippen LogP contribution in [0.5, 0.6) is 0 Å². The van der Waals surface area contributed by atoms with E-state index in [0.29, 0.717) is 12.1 Å². The summed E-state index contributed by atoms with van der Waals surface area (Å²) in [6, 6.07) is 1.15. The van der Waals surface area contributed by atoms with Gasteiger partial charge in [-0.2, -0.15) is 0 Å². The lowest BCUT2D eigenvalue weighted by molar-refractivity contribution is 0.0489. The van der Waals surface area contributed by atoms with Gasteiger partial charge < -0.3 is 15.4 Å². The molecule has 0 heterocycles. The Balaban J connectivity index is 2.29. The van der Waals surface area contributed by atoms with E-state index in [1.54, 1.807) is 0 Å². The van der Waals surface area contributed by atoms with Crippen LogP contribution in [0.15, 0.2) is 0 Å². The van der Waals surface area contributed by atoms with E-state index in [1.165, 1.54) is 0 Å². The average Bonchev–Trinajstić information content (AvgIpc) is 2.38. The topological polar surface area (TPSA) is 50.4 Å². The molecule has 0 aliphatic heterocycles. The van der Waals surface area contributed by atoms with Gasteiger partial charge in [0.25, 0.3) is 0 Å². The van der Waals surface area contributed by atoms with E-state index in [0.717, 1.165) is 38.5 Å². The van der Waals surface area contributed by atoms with E-state index in [4.69, 9.17) is 11.2 Å². The zero-order valence-corrected chi connectivity index (χ0v) is 13.9. The van der Waals surface area contributed by atoms with Gasteiger partial charge in [-0.1, -0.05) is 6.92 Å². The first kappa shape index (κ1) is 17.8. The summed E-state index contributed by atoms with van der Waals surface area (Å²) in [5, 5.41) is 6.60. The number of alkyl carbamates (subject to hydrolysis) is 1. The number of carbonyl (C=O) groups is 1. The van der Waals surface area contributed by atoms with Crippen molar-refractivity contribution in [1.82, 2.24) is 10.6 Å². The number of ether oxygens (including phenoxy) is 1. The van der Waals surface area contributed by atoms with Crippen molar-refractivity contribution in [3.8, 4) is 12.3 Å². The molecule has 0 saturated heterocycles. The summed E-state index contributed by atoms with van der Waals surface area (Å²) < 4.78 is 5.29. The van der Waals surface area contributed by atoms with Crippen LogP contribution in [0, 0.1) is 12.3 Å². The first-order valence-corrected chi connectivity index (χ1v) is 8.03. The monoisotopic (exact) mass is 294 g/mol. The highest BCUT2D eigenvalue weighted by molar-refractivity contribution is 5.68. The third kappa shape index (κ3) is 7.38. The highest BCUT2D eigenvalue weighted by Crippen LogP contribution is 2.20. The first-order chi connectivity index (χ1) is 9.84. The van der Waals surface area contributed by atoms with E-state index in [1.807, 2.05) is 20.8 Å². The molecule has 120 valence electrons. The van der Waals surface area contributed by atoms with Gasteiger partial charge in [0.05, 0.1) is 0 Å². The van der Waals surface area contributed by atoms with Crippen molar-refractivity contribution in [3.05, 3.63) is 0 Å². The smallest absolute Gasteiger partial charge is 0.407 e. The molecule has 1 saturated carbocycles. The molecule has 1 amide bonds. The molecule has 4 nitrogen and oxygen atoms in total. The van der Waals surface area contributed by atoms with Crippen molar-refractivity contribution in [2.24, 2.45) is 0 Å². The van der Waals surface area contributed by atoms with Gasteiger partial charge in [-0.25, -0.2) is 4.79 Å². The van der Waals surface area contributed by atoms with Crippen molar-refractivity contribution < 1.29 is 9.53 Å². The zero-order chi connectivity index (χ0) is 15.9. The molecule has 1 atom stereocenters.